The van der Waals surface area contributed by atoms with Crippen LogP contribution in [0.5, 0.6) is 0 Å². The maximum absolute atomic E-state index is 13.3. The third kappa shape index (κ3) is 6.35. The van der Waals surface area contributed by atoms with Gasteiger partial charge in [0.1, 0.15) is 5.70 Å². The lowest BCUT2D eigenvalue weighted by Crippen LogP contribution is -2.52. The third-order valence-corrected chi connectivity index (χ3v) is 5.33. The molecule has 1 saturated heterocycles. The highest BCUT2D eigenvalue weighted by molar-refractivity contribution is 6.05. The summed E-state index contributed by atoms with van der Waals surface area (Å²) in [6.07, 6.45) is 1.30. The summed E-state index contributed by atoms with van der Waals surface area (Å²) in [5.41, 5.74) is 2.48. The van der Waals surface area contributed by atoms with Crippen molar-refractivity contribution in [3.63, 3.8) is 0 Å². The van der Waals surface area contributed by atoms with Crippen LogP contribution in [0.3, 0.4) is 0 Å². The Morgan fingerprint density at radius 2 is 1.55 bits per heavy atom. The fourth-order valence-corrected chi connectivity index (χ4v) is 3.45. The van der Waals surface area contributed by atoms with E-state index in [-0.39, 0.29) is 23.6 Å². The first-order valence-corrected chi connectivity index (χ1v) is 11.0. The summed E-state index contributed by atoms with van der Waals surface area (Å²) in [5.74, 6) is -0.648. The number of amides is 3. The summed E-state index contributed by atoms with van der Waals surface area (Å²) in [6.45, 7) is 3.54. The average Bonchev–Trinajstić information content (AvgIpc) is 2.84. The number of benzene rings is 2. The molecule has 8 heteroatoms. The summed E-state index contributed by atoms with van der Waals surface area (Å²) < 4.78 is 5.04. The van der Waals surface area contributed by atoms with E-state index in [4.69, 9.17) is 4.74 Å². The molecular weight excluding hydrogens is 420 g/mol. The first-order chi connectivity index (χ1) is 15.9. The van der Waals surface area contributed by atoms with E-state index in [1.165, 1.54) is 0 Å². The van der Waals surface area contributed by atoms with Gasteiger partial charge in [-0.3, -0.25) is 9.59 Å². The number of anilines is 1. The molecule has 0 bridgehead atoms. The molecule has 1 N–H and O–H groups in total. The second kappa shape index (κ2) is 11.2. The van der Waals surface area contributed by atoms with Crippen LogP contribution < -0.4 is 10.2 Å². The molecule has 0 radical (unpaired) electrons. The van der Waals surface area contributed by atoms with Gasteiger partial charge in [-0.05, 0) is 42.8 Å². The zero-order valence-corrected chi connectivity index (χ0v) is 19.3. The number of piperazine rings is 1. The van der Waals surface area contributed by atoms with Gasteiger partial charge in [-0.25, -0.2) is 4.79 Å². The van der Waals surface area contributed by atoms with Crippen LogP contribution in [0.1, 0.15) is 22.8 Å². The molecule has 174 valence electrons. The fourth-order valence-electron chi connectivity index (χ4n) is 3.45. The Balaban J connectivity index is 1.79. The van der Waals surface area contributed by atoms with Gasteiger partial charge in [0.2, 0.25) is 0 Å². The smallest absolute Gasteiger partial charge is 0.409 e. The predicted octanol–water partition coefficient (Wildman–Crippen LogP) is 2.82. The lowest BCUT2D eigenvalue weighted by molar-refractivity contribution is -0.128. The standard InChI is InChI=1S/C25H30N4O4/c1-4-33-25(32)29-16-14-28(15-17-29)24(31)22(26-23(30)20-8-6-5-7-9-20)18-19-10-12-21(13-11-19)27(2)3/h5-13,18H,4,14-17H2,1-3H3,(H,26,30)/b22-18+. The molecule has 1 aliphatic rings. The van der Waals surface area contributed by atoms with E-state index in [1.807, 2.05) is 49.3 Å². The van der Waals surface area contributed by atoms with Crippen molar-refractivity contribution in [1.29, 1.82) is 0 Å². The van der Waals surface area contributed by atoms with Gasteiger partial charge in [0, 0.05) is 51.5 Å². The van der Waals surface area contributed by atoms with Crippen molar-refractivity contribution >= 4 is 29.7 Å². The van der Waals surface area contributed by atoms with Crippen molar-refractivity contribution in [3.8, 4) is 0 Å². The molecule has 0 saturated carbocycles. The van der Waals surface area contributed by atoms with E-state index in [2.05, 4.69) is 5.32 Å². The highest BCUT2D eigenvalue weighted by atomic mass is 16.6. The number of hydrogen-bond acceptors (Lipinski definition) is 5. The second-order valence-electron chi connectivity index (χ2n) is 7.84. The highest BCUT2D eigenvalue weighted by Crippen LogP contribution is 2.16. The number of nitrogens with one attached hydrogen (secondary N) is 1. The van der Waals surface area contributed by atoms with Crippen LogP contribution >= 0.6 is 0 Å². The molecule has 0 atom stereocenters. The number of nitrogens with zero attached hydrogens (tertiary/aromatic N) is 3. The van der Waals surface area contributed by atoms with Gasteiger partial charge < -0.3 is 24.8 Å². The maximum Gasteiger partial charge on any atom is 0.409 e. The van der Waals surface area contributed by atoms with E-state index >= 15 is 0 Å². The monoisotopic (exact) mass is 450 g/mol. The Labute approximate surface area is 194 Å². The van der Waals surface area contributed by atoms with Crippen molar-refractivity contribution < 1.29 is 19.1 Å². The SMILES string of the molecule is CCOC(=O)N1CCN(C(=O)/C(=C\c2ccc(N(C)C)cc2)NC(=O)c2ccccc2)CC1. The molecule has 1 heterocycles. The minimum absolute atomic E-state index is 0.186. The average molecular weight is 451 g/mol. The Morgan fingerprint density at radius 1 is 0.939 bits per heavy atom. The van der Waals surface area contributed by atoms with Crippen LogP contribution in [0.2, 0.25) is 0 Å². The number of hydrogen-bond donors (Lipinski definition) is 1. The van der Waals surface area contributed by atoms with Crippen LogP contribution in [0.15, 0.2) is 60.3 Å². The first kappa shape index (κ1) is 23.8. The molecule has 0 spiro atoms. The molecule has 1 fully saturated rings. The number of rotatable bonds is 6. The van der Waals surface area contributed by atoms with Crippen molar-refractivity contribution in [3.05, 3.63) is 71.4 Å². The highest BCUT2D eigenvalue weighted by Gasteiger charge is 2.27. The molecule has 1 aliphatic heterocycles. The van der Waals surface area contributed by atoms with E-state index in [0.717, 1.165) is 11.3 Å². The van der Waals surface area contributed by atoms with E-state index < -0.39 is 0 Å². The maximum atomic E-state index is 13.3. The molecule has 3 amide bonds. The number of ether oxygens (including phenoxy) is 1. The van der Waals surface area contributed by atoms with Gasteiger partial charge >= 0.3 is 6.09 Å². The van der Waals surface area contributed by atoms with E-state index in [1.54, 1.807) is 47.1 Å². The quantitative estimate of drug-likeness (QED) is 0.685. The molecule has 0 unspecified atom stereocenters. The van der Waals surface area contributed by atoms with Crippen molar-refractivity contribution in [2.75, 3.05) is 51.8 Å². The van der Waals surface area contributed by atoms with Crippen LogP contribution in [0, 0.1) is 0 Å². The van der Waals surface area contributed by atoms with Gasteiger partial charge in [-0.1, -0.05) is 30.3 Å². The molecule has 2 aromatic carbocycles. The van der Waals surface area contributed by atoms with Gasteiger partial charge in [0.25, 0.3) is 11.8 Å². The summed E-state index contributed by atoms with van der Waals surface area (Å²) in [7, 11) is 3.91. The number of carbonyl (C=O) groups is 3. The topological polar surface area (TPSA) is 82.2 Å². The van der Waals surface area contributed by atoms with Crippen LogP contribution in [0.4, 0.5) is 10.5 Å². The normalized spacial score (nSPS) is 14.0. The molecule has 8 nitrogen and oxygen atoms in total. The summed E-state index contributed by atoms with van der Waals surface area (Å²) >= 11 is 0. The zero-order valence-electron chi connectivity index (χ0n) is 19.3. The van der Waals surface area contributed by atoms with Gasteiger partial charge in [-0.2, -0.15) is 0 Å². The summed E-state index contributed by atoms with van der Waals surface area (Å²) in [6, 6.07) is 16.5. The molecule has 2 aromatic rings. The molecule has 3 rings (SSSR count). The largest absolute Gasteiger partial charge is 0.450 e. The summed E-state index contributed by atoms with van der Waals surface area (Å²) in [4.78, 5) is 43.3. The van der Waals surface area contributed by atoms with Crippen LogP contribution in [-0.2, 0) is 9.53 Å². The van der Waals surface area contributed by atoms with Crippen LogP contribution in [0.25, 0.3) is 6.08 Å². The third-order valence-electron chi connectivity index (χ3n) is 5.33. The Morgan fingerprint density at radius 3 is 2.12 bits per heavy atom. The van der Waals surface area contributed by atoms with Gasteiger partial charge in [0.15, 0.2) is 0 Å². The van der Waals surface area contributed by atoms with Crippen LogP contribution in [-0.4, -0.2) is 74.6 Å². The van der Waals surface area contributed by atoms with E-state index in [0.29, 0.717) is 38.3 Å². The van der Waals surface area contributed by atoms with E-state index in [9.17, 15) is 14.4 Å². The van der Waals surface area contributed by atoms with Gasteiger partial charge in [0.05, 0.1) is 6.61 Å². The first-order valence-electron chi connectivity index (χ1n) is 11.0. The lowest BCUT2D eigenvalue weighted by atomic mass is 10.1. The summed E-state index contributed by atoms with van der Waals surface area (Å²) in [5, 5.41) is 2.79. The van der Waals surface area contributed by atoms with Crippen molar-refractivity contribution in [2.24, 2.45) is 0 Å². The number of carbonyl (C=O) groups excluding carboxylic acids is 3. The molecular formula is C25H30N4O4. The minimum Gasteiger partial charge on any atom is -0.450 e. The Kier molecular flexibility index (Phi) is 8.07. The van der Waals surface area contributed by atoms with Crippen molar-refractivity contribution in [2.45, 2.75) is 6.92 Å². The lowest BCUT2D eigenvalue weighted by Gasteiger charge is -2.34. The Hall–Kier alpha value is -3.81. The minimum atomic E-state index is -0.376. The fraction of sp³-hybridized carbons (Fsp3) is 0.320. The predicted molar refractivity (Wildman–Crippen MR) is 128 cm³/mol. The molecule has 33 heavy (non-hydrogen) atoms. The zero-order chi connectivity index (χ0) is 23.8. The second-order valence-corrected chi connectivity index (χ2v) is 7.84. The molecule has 0 aliphatic carbocycles. The Bertz CT molecular complexity index is 995. The molecule has 0 aromatic heterocycles. The van der Waals surface area contributed by atoms with Crippen molar-refractivity contribution in [1.82, 2.24) is 15.1 Å². The van der Waals surface area contributed by atoms with Gasteiger partial charge in [-0.15, -0.1) is 0 Å².